The van der Waals surface area contributed by atoms with Crippen LogP contribution >= 0.6 is 34.9 Å². The van der Waals surface area contributed by atoms with E-state index >= 15 is 0 Å². The number of allylic oxidation sites excluding steroid dienone is 1. The number of fused-ring (bicyclic) bond motifs is 1. The number of thioether (sulfide) groups is 2. The van der Waals surface area contributed by atoms with Crippen LogP contribution < -0.4 is 11.1 Å². The molecule has 0 aromatic carbocycles. The third kappa shape index (κ3) is 6.48. The first-order chi connectivity index (χ1) is 21.1. The lowest BCUT2D eigenvalue weighted by atomic mass is 9.89. The van der Waals surface area contributed by atoms with Crippen molar-refractivity contribution in [1.29, 1.82) is 0 Å². The van der Waals surface area contributed by atoms with Crippen molar-refractivity contribution in [3.63, 3.8) is 0 Å². The lowest BCUT2D eigenvalue weighted by molar-refractivity contribution is -0.157. The van der Waals surface area contributed by atoms with Crippen LogP contribution in [0.1, 0.15) is 18.5 Å². The van der Waals surface area contributed by atoms with Crippen LogP contribution in [-0.4, -0.2) is 118 Å². The van der Waals surface area contributed by atoms with Gasteiger partial charge in [0.05, 0.1) is 6.54 Å². The minimum atomic E-state index is -1.38. The number of amides is 2. The number of aromatic nitrogens is 5. The fraction of sp³-hybridized carbons (Fsp3) is 0.478. The summed E-state index contributed by atoms with van der Waals surface area (Å²) in [6, 6.07) is -0.915. The minimum Gasteiger partial charge on any atom is -0.481 e. The molecule has 2 fully saturated rings. The first-order valence-corrected chi connectivity index (χ1v) is 15.8. The molecule has 2 saturated heterocycles. The van der Waals surface area contributed by atoms with Crippen molar-refractivity contribution < 1.29 is 39.1 Å². The summed E-state index contributed by atoms with van der Waals surface area (Å²) >= 11 is 3.35. The highest BCUT2D eigenvalue weighted by atomic mass is 32.2. The second-order valence-corrected chi connectivity index (χ2v) is 12.7. The molecule has 2 aromatic rings. The molecule has 0 bridgehead atoms. The predicted octanol–water partition coefficient (Wildman–Crippen LogP) is -0.499. The molecule has 21 heteroatoms. The summed E-state index contributed by atoms with van der Waals surface area (Å²) in [6.07, 6.45) is 5.06. The molecule has 4 heterocycles. The molecule has 4 atom stereocenters. The molecule has 0 saturated carbocycles. The van der Waals surface area contributed by atoms with Gasteiger partial charge in [-0.3, -0.25) is 14.4 Å². The van der Waals surface area contributed by atoms with Crippen molar-refractivity contribution in [1.82, 2.24) is 35.4 Å². The van der Waals surface area contributed by atoms with E-state index in [1.807, 2.05) is 12.2 Å². The lowest BCUT2D eigenvalue weighted by Gasteiger charge is -2.53. The number of carbonyl (C=O) groups is 4. The van der Waals surface area contributed by atoms with Crippen LogP contribution in [0.25, 0.3) is 0 Å². The van der Waals surface area contributed by atoms with Crippen molar-refractivity contribution in [3.05, 3.63) is 23.2 Å². The number of tetrazole rings is 1. The molecule has 3 aliphatic rings. The number of nitrogen functional groups attached to an aromatic ring is 1. The predicted molar refractivity (Wildman–Crippen MR) is 157 cm³/mol. The Morgan fingerprint density at radius 2 is 2.14 bits per heavy atom. The summed E-state index contributed by atoms with van der Waals surface area (Å²) in [5.74, 6) is -3.50. The van der Waals surface area contributed by atoms with Crippen molar-refractivity contribution in [2.24, 2.45) is 15.7 Å². The number of nitrogens with two attached hydrogens (primary N) is 1. The first kappa shape index (κ1) is 31.2. The van der Waals surface area contributed by atoms with Gasteiger partial charge in [0.1, 0.15) is 35.7 Å². The Morgan fingerprint density at radius 3 is 2.80 bits per heavy atom. The smallest absolute Gasteiger partial charge is 0.355 e. The van der Waals surface area contributed by atoms with Gasteiger partial charge in [-0.15, -0.1) is 28.2 Å². The zero-order valence-corrected chi connectivity index (χ0v) is 25.4. The van der Waals surface area contributed by atoms with Gasteiger partial charge in [0, 0.05) is 23.4 Å². The Kier molecular flexibility index (Phi) is 9.34. The average molecular weight is 667 g/mol. The Morgan fingerprint density at radius 1 is 1.32 bits per heavy atom. The number of thiazole rings is 1. The number of carbonyl (C=O) groups excluding carboxylic acids is 2. The molecule has 2 aromatic heterocycles. The Bertz CT molecular complexity index is 1540. The van der Waals surface area contributed by atoms with E-state index in [4.69, 9.17) is 10.6 Å². The number of nitrogens with one attached hydrogen (secondary N) is 1. The highest BCUT2D eigenvalue weighted by Gasteiger charge is 2.57. The molecule has 1 aliphatic carbocycles. The van der Waals surface area contributed by atoms with Gasteiger partial charge in [-0.25, -0.2) is 14.5 Å². The van der Waals surface area contributed by atoms with Crippen LogP contribution in [0.3, 0.4) is 0 Å². The fourth-order valence-electron chi connectivity index (χ4n) is 4.52. The van der Waals surface area contributed by atoms with E-state index in [1.165, 1.54) is 23.8 Å². The number of carboxylic acids is 2. The van der Waals surface area contributed by atoms with Crippen LogP contribution in [0.5, 0.6) is 0 Å². The summed E-state index contributed by atoms with van der Waals surface area (Å²) in [4.78, 5) is 65.9. The first-order valence-electron chi connectivity index (χ1n) is 12.9. The fourth-order valence-corrected chi connectivity index (χ4v) is 7.80. The molecule has 2 amide bonds. The van der Waals surface area contributed by atoms with Gasteiger partial charge < -0.3 is 35.8 Å². The largest absolute Gasteiger partial charge is 0.481 e. The number of hydrogen-bond acceptors (Lipinski definition) is 16. The maximum atomic E-state index is 13.3. The van der Waals surface area contributed by atoms with Gasteiger partial charge in [-0.05, 0) is 29.3 Å². The zero-order chi connectivity index (χ0) is 31.4. The molecule has 5 N–H and O–H groups in total. The van der Waals surface area contributed by atoms with Gasteiger partial charge in [-0.1, -0.05) is 28.1 Å². The van der Waals surface area contributed by atoms with Crippen LogP contribution in [0.4, 0.5) is 5.13 Å². The standard InChI is InChI=1S/C23H26N10O8S3/c1-40-28-12(19(36)37)6-33-22(27-30-31-33)44-10-23(20(38)39)8-32-17(35)15(18(32)43-9-23)26-16(34)14(13-7-42-21(24)25-13)29-41-11-4-2-3-5-11/h2,4,7,11,15,18H,3,5-6,8-10H2,1H3,(H2,24,25)(H,26,34)(H,36,37)(H,38,39)/t11?,15?,18-,23?/m1/s1. The SMILES string of the molecule is CON=C(Cn1nnnc1SCC1(C(=O)O)CS[C@@H]2C(NC(=O)C(=NOC3C=CCC3)c3csc(N)n3)C(=O)N2C1)C(=O)O. The van der Waals surface area contributed by atoms with E-state index < -0.39 is 40.6 Å². The normalized spacial score (nSPS) is 24.9. The molecule has 5 rings (SSSR count). The van der Waals surface area contributed by atoms with Crippen molar-refractivity contribution in [2.45, 2.75) is 42.1 Å². The van der Waals surface area contributed by atoms with E-state index in [1.54, 1.807) is 5.38 Å². The van der Waals surface area contributed by atoms with E-state index in [0.717, 1.165) is 40.6 Å². The second-order valence-electron chi connectivity index (χ2n) is 9.80. The summed E-state index contributed by atoms with van der Waals surface area (Å²) in [6.45, 7) is -0.436. The topological polar surface area (TPSA) is 250 Å². The Labute approximate surface area is 261 Å². The van der Waals surface area contributed by atoms with Crippen molar-refractivity contribution >= 4 is 75.2 Å². The van der Waals surface area contributed by atoms with Crippen LogP contribution in [0.2, 0.25) is 0 Å². The monoisotopic (exact) mass is 666 g/mol. The summed E-state index contributed by atoms with van der Waals surface area (Å²) in [7, 11) is 1.20. The second kappa shape index (κ2) is 13.2. The number of anilines is 1. The van der Waals surface area contributed by atoms with Crippen molar-refractivity contribution in [3.8, 4) is 0 Å². The number of oxime groups is 2. The van der Waals surface area contributed by atoms with E-state index in [-0.39, 0.29) is 58.1 Å². The van der Waals surface area contributed by atoms with Crippen LogP contribution in [0, 0.1) is 5.41 Å². The number of β-lactam (4-membered cyclic amide) rings is 1. The highest BCUT2D eigenvalue weighted by molar-refractivity contribution is 8.00. The molecule has 0 radical (unpaired) electrons. The van der Waals surface area contributed by atoms with Gasteiger partial charge in [-0.2, -0.15) is 0 Å². The van der Waals surface area contributed by atoms with Gasteiger partial charge >= 0.3 is 11.9 Å². The molecule has 2 aliphatic heterocycles. The third-order valence-corrected chi connectivity index (χ3v) is 10.3. The van der Waals surface area contributed by atoms with Crippen LogP contribution in [-0.2, 0) is 35.4 Å². The molecular weight excluding hydrogens is 641 g/mol. The molecule has 3 unspecified atom stereocenters. The highest BCUT2D eigenvalue weighted by Crippen LogP contribution is 2.44. The van der Waals surface area contributed by atoms with Crippen LogP contribution in [0.15, 0.2) is 33.0 Å². The zero-order valence-electron chi connectivity index (χ0n) is 22.9. The van der Waals surface area contributed by atoms with E-state index in [9.17, 15) is 29.4 Å². The Balaban J connectivity index is 1.24. The summed E-state index contributed by atoms with van der Waals surface area (Å²) in [5.41, 5.74) is 4.09. The molecule has 18 nitrogen and oxygen atoms in total. The molecular formula is C23H26N10O8S3. The molecule has 0 spiro atoms. The number of hydrogen-bond donors (Lipinski definition) is 4. The van der Waals surface area contributed by atoms with E-state index in [2.05, 4.69) is 41.0 Å². The maximum absolute atomic E-state index is 13.3. The van der Waals surface area contributed by atoms with Crippen molar-refractivity contribution in [2.75, 3.05) is 30.9 Å². The molecule has 234 valence electrons. The number of rotatable bonds is 13. The lowest BCUT2D eigenvalue weighted by Crippen LogP contribution is -2.74. The Hall–Kier alpha value is -4.24. The molecule has 44 heavy (non-hydrogen) atoms. The van der Waals surface area contributed by atoms with Gasteiger partial charge in [0.15, 0.2) is 16.6 Å². The summed E-state index contributed by atoms with van der Waals surface area (Å²) < 4.78 is 1.16. The maximum Gasteiger partial charge on any atom is 0.355 e. The quantitative estimate of drug-likeness (QED) is 0.0691. The van der Waals surface area contributed by atoms with Gasteiger partial charge in [0.2, 0.25) is 11.1 Å². The average Bonchev–Trinajstić information content (AvgIpc) is 3.77. The summed E-state index contributed by atoms with van der Waals surface area (Å²) in [5, 5.41) is 42.3. The minimum absolute atomic E-state index is 0.0257. The number of nitrogens with zero attached hydrogens (tertiary/aromatic N) is 8. The van der Waals surface area contributed by atoms with E-state index in [0.29, 0.717) is 0 Å². The third-order valence-electron chi connectivity index (χ3n) is 6.84. The number of aliphatic carboxylic acids is 2. The number of carboxylic acid groups (broad SMARTS) is 2. The van der Waals surface area contributed by atoms with Gasteiger partial charge in [0.25, 0.3) is 5.91 Å².